The number of hydrogen-bond acceptors (Lipinski definition) is 2. The fraction of sp³-hybridized carbons (Fsp3) is 0.857. The Morgan fingerprint density at radius 3 is 2.25 bits per heavy atom. The summed E-state index contributed by atoms with van der Waals surface area (Å²) in [6.45, 7) is 11.4. The van der Waals surface area contributed by atoms with Crippen molar-refractivity contribution >= 4 is 35.8 Å². The zero-order chi connectivity index (χ0) is 14.9. The van der Waals surface area contributed by atoms with Crippen LogP contribution in [0.1, 0.15) is 47.5 Å². The number of carbonyl (C=O) groups is 1. The summed E-state index contributed by atoms with van der Waals surface area (Å²) in [5.74, 6) is 1.36. The topological polar surface area (TPSA) is 65.5 Å². The van der Waals surface area contributed by atoms with Crippen molar-refractivity contribution in [2.75, 3.05) is 20.1 Å². The van der Waals surface area contributed by atoms with E-state index in [1.54, 1.807) is 7.05 Å². The lowest BCUT2D eigenvalue weighted by atomic mass is 10.1. The molecule has 0 aliphatic heterocycles. The maximum Gasteiger partial charge on any atom is 0.239 e. The largest absolute Gasteiger partial charge is 0.356 e. The molecule has 20 heavy (non-hydrogen) atoms. The van der Waals surface area contributed by atoms with Gasteiger partial charge in [-0.25, -0.2) is 0 Å². The van der Waals surface area contributed by atoms with E-state index >= 15 is 0 Å². The minimum Gasteiger partial charge on any atom is -0.356 e. The minimum atomic E-state index is -0.201. The maximum atomic E-state index is 11.6. The van der Waals surface area contributed by atoms with Crippen LogP contribution in [0, 0.1) is 5.92 Å². The summed E-state index contributed by atoms with van der Waals surface area (Å²) in [6.07, 6.45) is 2.29. The third-order valence-corrected chi connectivity index (χ3v) is 2.41. The first-order valence-electron chi connectivity index (χ1n) is 7.00. The summed E-state index contributed by atoms with van der Waals surface area (Å²) in [5, 5.41) is 9.11. The van der Waals surface area contributed by atoms with Crippen LogP contribution in [-0.2, 0) is 4.79 Å². The van der Waals surface area contributed by atoms with Gasteiger partial charge in [0.25, 0.3) is 0 Å². The highest BCUT2D eigenvalue weighted by molar-refractivity contribution is 14.0. The van der Waals surface area contributed by atoms with Gasteiger partial charge in [-0.15, -0.1) is 24.0 Å². The summed E-state index contributed by atoms with van der Waals surface area (Å²) in [4.78, 5) is 15.7. The van der Waals surface area contributed by atoms with E-state index in [1.807, 2.05) is 20.8 Å². The van der Waals surface area contributed by atoms with Gasteiger partial charge in [0.1, 0.15) is 0 Å². The Labute approximate surface area is 140 Å². The Bertz CT molecular complexity index is 298. The van der Waals surface area contributed by atoms with Gasteiger partial charge in [0.15, 0.2) is 5.96 Å². The van der Waals surface area contributed by atoms with Crippen LogP contribution in [0.25, 0.3) is 0 Å². The Balaban J connectivity index is 0. The fourth-order valence-electron chi connectivity index (χ4n) is 1.56. The van der Waals surface area contributed by atoms with Gasteiger partial charge in [-0.3, -0.25) is 9.79 Å². The molecule has 0 rings (SSSR count). The van der Waals surface area contributed by atoms with Crippen molar-refractivity contribution in [2.24, 2.45) is 10.9 Å². The van der Waals surface area contributed by atoms with Crippen molar-refractivity contribution in [1.29, 1.82) is 0 Å². The van der Waals surface area contributed by atoms with Crippen LogP contribution in [0.15, 0.2) is 4.99 Å². The summed E-state index contributed by atoms with van der Waals surface area (Å²) >= 11 is 0. The average molecular weight is 398 g/mol. The molecule has 0 aliphatic carbocycles. The van der Waals surface area contributed by atoms with Crippen molar-refractivity contribution in [1.82, 2.24) is 16.0 Å². The Kier molecular flexibility index (Phi) is 12.1. The van der Waals surface area contributed by atoms with Crippen molar-refractivity contribution in [3.05, 3.63) is 0 Å². The van der Waals surface area contributed by atoms with E-state index in [-0.39, 0.29) is 42.0 Å². The molecular formula is C14H31IN4O. The number of amides is 1. The van der Waals surface area contributed by atoms with Gasteiger partial charge in [0.05, 0.1) is 6.54 Å². The van der Waals surface area contributed by atoms with Crippen molar-refractivity contribution in [3.8, 4) is 0 Å². The van der Waals surface area contributed by atoms with Crippen molar-refractivity contribution in [2.45, 2.75) is 53.0 Å². The van der Waals surface area contributed by atoms with Crippen LogP contribution in [0.5, 0.6) is 0 Å². The number of nitrogens with one attached hydrogen (secondary N) is 3. The van der Waals surface area contributed by atoms with Crippen LogP contribution in [-0.4, -0.2) is 37.5 Å². The molecular weight excluding hydrogens is 367 g/mol. The number of nitrogens with zero attached hydrogens (tertiary/aromatic N) is 1. The van der Waals surface area contributed by atoms with E-state index < -0.39 is 0 Å². The van der Waals surface area contributed by atoms with Gasteiger partial charge in [0.2, 0.25) is 5.91 Å². The number of halogens is 1. The lowest BCUT2D eigenvalue weighted by Crippen LogP contribution is -2.48. The Morgan fingerprint density at radius 2 is 1.80 bits per heavy atom. The summed E-state index contributed by atoms with van der Waals surface area (Å²) < 4.78 is 0. The highest BCUT2D eigenvalue weighted by Crippen LogP contribution is 2.01. The van der Waals surface area contributed by atoms with E-state index in [4.69, 9.17) is 0 Å². The summed E-state index contributed by atoms with van der Waals surface area (Å²) in [6, 6.07) is 0. The molecule has 5 nitrogen and oxygen atoms in total. The molecule has 120 valence electrons. The molecule has 0 aliphatic rings. The standard InChI is InChI=1S/C14H30N4O.HI/c1-11(2)8-7-9-16-13(15-6)17-10-12(19)18-14(3,4)5;/h11H,7-10H2,1-6H3,(H,18,19)(H2,15,16,17);1H. The molecule has 0 unspecified atom stereocenters. The molecule has 0 bridgehead atoms. The molecule has 0 atom stereocenters. The fourth-order valence-corrected chi connectivity index (χ4v) is 1.56. The van der Waals surface area contributed by atoms with E-state index in [0.717, 1.165) is 13.0 Å². The lowest BCUT2D eigenvalue weighted by Gasteiger charge is -2.21. The lowest BCUT2D eigenvalue weighted by molar-refractivity contribution is -0.121. The van der Waals surface area contributed by atoms with Gasteiger partial charge < -0.3 is 16.0 Å². The monoisotopic (exact) mass is 398 g/mol. The molecule has 0 fully saturated rings. The van der Waals surface area contributed by atoms with Gasteiger partial charge >= 0.3 is 0 Å². The molecule has 0 aromatic rings. The van der Waals surface area contributed by atoms with E-state index in [0.29, 0.717) is 11.9 Å². The molecule has 0 aromatic heterocycles. The minimum absolute atomic E-state index is 0. The number of aliphatic imine (C=N–C) groups is 1. The molecule has 1 amide bonds. The van der Waals surface area contributed by atoms with Gasteiger partial charge in [0, 0.05) is 19.1 Å². The maximum absolute atomic E-state index is 11.6. The molecule has 0 heterocycles. The molecule has 3 N–H and O–H groups in total. The van der Waals surface area contributed by atoms with Gasteiger partial charge in [-0.1, -0.05) is 13.8 Å². The number of carbonyl (C=O) groups excluding carboxylic acids is 1. The van der Waals surface area contributed by atoms with E-state index in [9.17, 15) is 4.79 Å². The molecule has 0 aromatic carbocycles. The number of rotatable bonds is 6. The van der Waals surface area contributed by atoms with E-state index in [2.05, 4.69) is 34.8 Å². The Hall–Kier alpha value is -0.530. The third kappa shape index (κ3) is 13.9. The predicted octanol–water partition coefficient (Wildman–Crippen LogP) is 2.12. The second-order valence-electron chi connectivity index (χ2n) is 6.19. The zero-order valence-corrected chi connectivity index (χ0v) is 16.0. The second-order valence-corrected chi connectivity index (χ2v) is 6.19. The highest BCUT2D eigenvalue weighted by Gasteiger charge is 2.13. The first-order chi connectivity index (χ1) is 8.74. The molecule has 0 saturated heterocycles. The average Bonchev–Trinajstić information content (AvgIpc) is 2.25. The van der Waals surface area contributed by atoms with Crippen LogP contribution in [0.2, 0.25) is 0 Å². The Morgan fingerprint density at radius 1 is 1.20 bits per heavy atom. The summed E-state index contributed by atoms with van der Waals surface area (Å²) in [7, 11) is 1.71. The number of hydrogen-bond donors (Lipinski definition) is 3. The third-order valence-electron chi connectivity index (χ3n) is 2.41. The van der Waals surface area contributed by atoms with Crippen LogP contribution in [0.3, 0.4) is 0 Å². The smallest absolute Gasteiger partial charge is 0.239 e. The second kappa shape index (κ2) is 11.2. The van der Waals surface area contributed by atoms with Crippen molar-refractivity contribution < 1.29 is 4.79 Å². The molecule has 0 saturated carbocycles. The van der Waals surface area contributed by atoms with Gasteiger partial charge in [-0.05, 0) is 39.5 Å². The van der Waals surface area contributed by atoms with Gasteiger partial charge in [-0.2, -0.15) is 0 Å². The first-order valence-corrected chi connectivity index (χ1v) is 7.00. The van der Waals surface area contributed by atoms with E-state index in [1.165, 1.54) is 6.42 Å². The molecule has 6 heteroatoms. The van der Waals surface area contributed by atoms with Crippen LogP contribution >= 0.6 is 24.0 Å². The zero-order valence-electron chi connectivity index (χ0n) is 13.7. The molecule has 0 spiro atoms. The highest BCUT2D eigenvalue weighted by atomic mass is 127. The summed E-state index contributed by atoms with van der Waals surface area (Å²) in [5.41, 5.74) is -0.201. The first kappa shape index (κ1) is 21.8. The molecule has 0 radical (unpaired) electrons. The SMILES string of the molecule is CN=C(NCCCC(C)C)NCC(=O)NC(C)(C)C.I. The van der Waals surface area contributed by atoms with Crippen LogP contribution in [0.4, 0.5) is 0 Å². The quantitative estimate of drug-likeness (QED) is 0.278. The normalized spacial score (nSPS) is 11.8. The predicted molar refractivity (Wildman–Crippen MR) is 96.7 cm³/mol. The number of guanidine groups is 1. The van der Waals surface area contributed by atoms with Crippen LogP contribution < -0.4 is 16.0 Å². The van der Waals surface area contributed by atoms with Crippen molar-refractivity contribution in [3.63, 3.8) is 0 Å².